The maximum Gasteiger partial charge on any atom is 0 e. The third kappa shape index (κ3) is 21.8. The molecule has 0 amide bonds. The summed E-state index contributed by atoms with van der Waals surface area (Å²) in [5.74, 6) is 4.83. The summed E-state index contributed by atoms with van der Waals surface area (Å²) in [6, 6.07) is 19.4. The van der Waals surface area contributed by atoms with Gasteiger partial charge in [-0.2, -0.15) is 5.90 Å². The molecule has 0 aliphatic heterocycles. The van der Waals surface area contributed by atoms with Crippen LogP contribution in [-0.2, 0) is 66.3 Å². The zero-order valence-electron chi connectivity index (χ0n) is 23.6. The van der Waals surface area contributed by atoms with Crippen molar-refractivity contribution in [2.45, 2.75) is 18.0 Å². The Bertz CT molecular complexity index is 1110. The van der Waals surface area contributed by atoms with Crippen LogP contribution < -0.4 is 16.5 Å². The van der Waals surface area contributed by atoms with E-state index in [4.69, 9.17) is 41.5 Å². The Kier molecular flexibility index (Phi) is 31.1. The molecular weight excluding hydrogens is 783 g/mol. The van der Waals surface area contributed by atoms with E-state index in [1.807, 2.05) is 73.1 Å². The summed E-state index contributed by atoms with van der Waals surface area (Å²) >= 11 is 6.33. The molecule has 0 aliphatic carbocycles. The van der Waals surface area contributed by atoms with Gasteiger partial charge < -0.3 is 20.1 Å². The molecule has 3 rings (SSSR count). The molecule has 13 nitrogen and oxygen atoms in total. The van der Waals surface area contributed by atoms with Crippen LogP contribution in [0.4, 0.5) is 5.69 Å². The Morgan fingerprint density at radius 2 is 1.36 bits per heavy atom. The van der Waals surface area contributed by atoms with E-state index in [0.29, 0.717) is 38.1 Å². The van der Waals surface area contributed by atoms with E-state index >= 15 is 0 Å². The first-order valence-corrected chi connectivity index (χ1v) is 13.5. The fourth-order valence-corrected chi connectivity index (χ4v) is 3.82. The second kappa shape index (κ2) is 31.6. The van der Waals surface area contributed by atoms with Crippen molar-refractivity contribution < 1.29 is 53.2 Å². The van der Waals surface area contributed by atoms with E-state index in [1.54, 1.807) is 0 Å². The van der Waals surface area contributed by atoms with Crippen LogP contribution >= 0.6 is 24.3 Å². The van der Waals surface area contributed by atoms with E-state index in [0.717, 1.165) is 53.6 Å². The number of thiocarbonyl (C=S) groups is 1. The van der Waals surface area contributed by atoms with E-state index < -0.39 is 0 Å². The second-order valence-electron chi connectivity index (χ2n) is 7.73. The summed E-state index contributed by atoms with van der Waals surface area (Å²) < 4.78 is 38.5. The Morgan fingerprint density at radius 1 is 0.818 bits per heavy atom. The molecule has 0 bridgehead atoms. The molecule has 0 unspecified atom stereocenters. The van der Waals surface area contributed by atoms with Crippen molar-refractivity contribution >= 4 is 35.1 Å². The van der Waals surface area contributed by atoms with Crippen LogP contribution in [0, 0.1) is 20.0 Å². The maximum absolute atomic E-state index is 7.50. The van der Waals surface area contributed by atoms with Crippen LogP contribution in [0.3, 0.4) is 0 Å². The molecule has 1 aromatic carbocycles. The van der Waals surface area contributed by atoms with Crippen LogP contribution in [-0.4, -0.2) is 59.5 Å². The summed E-state index contributed by atoms with van der Waals surface area (Å²) in [4.78, 5) is 16.1. The molecule has 235 valence electrons. The van der Waals surface area contributed by atoms with Crippen LogP contribution in [0.25, 0.3) is 0 Å². The number of aromatic nitrogens is 2. The van der Waals surface area contributed by atoms with Gasteiger partial charge in [-0.1, -0.05) is 12.1 Å². The molecule has 2 heterocycles. The smallest absolute Gasteiger partial charge is 0 e. The van der Waals surface area contributed by atoms with Crippen molar-refractivity contribution in [3.8, 4) is 0 Å². The van der Waals surface area contributed by atoms with Crippen molar-refractivity contribution in [3.05, 3.63) is 104 Å². The summed E-state index contributed by atoms with van der Waals surface area (Å²) in [7, 11) is 0. The minimum absolute atomic E-state index is 0. The molecule has 0 fully saturated rings. The van der Waals surface area contributed by atoms with Crippen LogP contribution in [0.15, 0.2) is 78.0 Å². The van der Waals surface area contributed by atoms with E-state index in [2.05, 4.69) is 54.8 Å². The second-order valence-corrected chi connectivity index (χ2v) is 8.91. The van der Waals surface area contributed by atoms with Gasteiger partial charge in [0.15, 0.2) is 5.11 Å². The molecule has 4 N–H and O–H groups in total. The molecule has 0 saturated carbocycles. The first kappa shape index (κ1) is 43.3. The topological polar surface area (TPSA) is 176 Å². The largest absolute Gasteiger partial charge is 0 e. The molecular formula is C28H32N6O7ReS2. The number of nitrogens with one attached hydrogen (secondary N) is 2. The SMILES string of the molecule is NOOSc1ccc(NC(=S)NCCOCCOCCN(Cc2ccccn2)Cc2ccccn2)cc1.[C-]#[O+].[C-]#[O+].[C-]#[O+].[Re]. The van der Waals surface area contributed by atoms with Crippen LogP contribution in [0.5, 0.6) is 0 Å². The zero-order chi connectivity index (χ0) is 32.0. The van der Waals surface area contributed by atoms with E-state index in [9.17, 15) is 0 Å². The Labute approximate surface area is 280 Å². The standard InChI is InChI=1S/C25H32N6O4S2.3CO.Re/c26-34-35-37-24-9-7-21(8-10-24)30-25(36)29-13-15-32-17-18-33-16-14-31(19-22-5-1-3-11-27-22)20-23-6-2-4-12-28-23;3*1-2;/h1-12H,13-20,26H2,(H2,29,30,36);;;;. The predicted molar refractivity (Wildman–Crippen MR) is 159 cm³/mol. The van der Waals surface area contributed by atoms with Gasteiger partial charge in [-0.15, -0.1) is 9.32 Å². The third-order valence-corrected chi connectivity index (χ3v) is 5.82. The van der Waals surface area contributed by atoms with Gasteiger partial charge in [0.25, 0.3) is 0 Å². The number of rotatable bonds is 17. The van der Waals surface area contributed by atoms with Gasteiger partial charge in [-0.05, 0) is 60.7 Å². The fraction of sp³-hybridized carbons (Fsp3) is 0.286. The predicted octanol–water partition coefficient (Wildman–Crippen LogP) is 3.21. The average molecular weight is 815 g/mol. The molecule has 0 saturated heterocycles. The first-order valence-electron chi connectivity index (χ1n) is 12.4. The Hall–Kier alpha value is -2.80. The first-order chi connectivity index (χ1) is 21.2. The van der Waals surface area contributed by atoms with Crippen molar-refractivity contribution in [2.75, 3.05) is 44.8 Å². The monoisotopic (exact) mass is 815 g/mol. The van der Waals surface area contributed by atoms with Crippen LogP contribution in [0.1, 0.15) is 11.4 Å². The number of anilines is 1. The molecule has 1 radical (unpaired) electrons. The number of pyridine rings is 2. The van der Waals surface area contributed by atoms with Crippen LogP contribution in [0.2, 0.25) is 0 Å². The maximum atomic E-state index is 7.50. The van der Waals surface area contributed by atoms with Gasteiger partial charge in [-0.3, -0.25) is 14.9 Å². The van der Waals surface area contributed by atoms with Gasteiger partial charge in [0, 0.05) is 69.6 Å². The molecule has 0 spiro atoms. The normalized spacial score (nSPS) is 9.36. The molecule has 16 heteroatoms. The Morgan fingerprint density at radius 3 is 1.86 bits per heavy atom. The van der Waals surface area contributed by atoms with E-state index in [-0.39, 0.29) is 20.4 Å². The van der Waals surface area contributed by atoms with Gasteiger partial charge in [-0.25, -0.2) is 0 Å². The number of nitrogens with two attached hydrogens (primary N) is 1. The number of ether oxygens (including phenoxy) is 2. The summed E-state index contributed by atoms with van der Waals surface area (Å²) in [6.07, 6.45) is 3.63. The minimum atomic E-state index is 0. The van der Waals surface area contributed by atoms with Gasteiger partial charge >= 0.3 is 33.9 Å². The number of benzene rings is 1. The molecule has 2 aromatic heterocycles. The van der Waals surface area contributed by atoms with Crippen molar-refractivity contribution in [1.29, 1.82) is 0 Å². The van der Waals surface area contributed by atoms with E-state index in [1.165, 1.54) is 0 Å². The van der Waals surface area contributed by atoms with Gasteiger partial charge in [0.05, 0.1) is 49.9 Å². The number of nitrogens with zero attached hydrogens (tertiary/aromatic N) is 3. The molecule has 44 heavy (non-hydrogen) atoms. The molecule has 0 aliphatic rings. The average Bonchev–Trinajstić information content (AvgIpc) is 3.07. The fourth-order valence-electron chi connectivity index (χ4n) is 3.24. The van der Waals surface area contributed by atoms with Crippen molar-refractivity contribution in [1.82, 2.24) is 20.2 Å². The third-order valence-electron chi connectivity index (χ3n) is 4.96. The molecule has 0 atom stereocenters. The van der Waals surface area contributed by atoms with Gasteiger partial charge in [0.2, 0.25) is 0 Å². The van der Waals surface area contributed by atoms with Gasteiger partial charge in [0.1, 0.15) is 0 Å². The zero-order valence-corrected chi connectivity index (χ0v) is 27.9. The summed E-state index contributed by atoms with van der Waals surface area (Å²) in [5, 5.41) is 6.74. The van der Waals surface area contributed by atoms with Crippen molar-refractivity contribution in [3.63, 3.8) is 0 Å². The van der Waals surface area contributed by atoms with Crippen molar-refractivity contribution in [2.24, 2.45) is 5.90 Å². The number of hydrogen-bond acceptors (Lipinski definition) is 10. The quantitative estimate of drug-likeness (QED) is 0.0346. The minimum Gasteiger partial charge on any atom is 0 e. The number of hydrogen-bond donors (Lipinski definition) is 3. The Balaban J connectivity index is 0. The molecule has 3 aromatic rings. The summed E-state index contributed by atoms with van der Waals surface area (Å²) in [6.45, 7) is 18.5. The summed E-state index contributed by atoms with van der Waals surface area (Å²) in [5.41, 5.74) is 2.89.